The van der Waals surface area contributed by atoms with Gasteiger partial charge < -0.3 is 35.0 Å². The molecular weight excluding hydrogens is 446 g/mol. The molecule has 0 bridgehead atoms. The summed E-state index contributed by atoms with van der Waals surface area (Å²) in [5.74, 6) is 0.975. The number of nitrogens with two attached hydrogens (primary N) is 1. The van der Waals surface area contributed by atoms with Gasteiger partial charge in [0.15, 0.2) is 5.13 Å². The first kappa shape index (κ1) is 23.4. The molecule has 0 saturated carbocycles. The lowest BCUT2D eigenvalue weighted by molar-refractivity contribution is -0.137. The smallest absolute Gasteiger partial charge is 0.407 e. The number of anilines is 2. The molecule has 180 valence electrons. The number of carboxylic acid groups (broad SMARTS) is 1. The monoisotopic (exact) mass is 477 g/mol. The summed E-state index contributed by atoms with van der Waals surface area (Å²) < 4.78 is 11.8. The second kappa shape index (κ2) is 9.60. The fraction of sp³-hybridized carbons (Fsp3) is 0.591. The zero-order chi connectivity index (χ0) is 23.6. The Morgan fingerprint density at radius 1 is 1.18 bits per heavy atom. The second-order valence-corrected chi connectivity index (χ2v) is 9.67. The lowest BCUT2D eigenvalue weighted by Crippen LogP contribution is -2.45. The standard InChI is InChI=1S/C12H15N3O2S.C10H16N2O3/c1-16-9-3-2-8(15-4-6-17-7-5-15)11-10(9)14-12(13)18-11;1-11-5-2-10(8(11)13)3-6-12(7-4-10)9(14)15/h2-3H,4-7H2,1H3,(H2,13,14);2-7H2,1H3,(H,14,15). The van der Waals surface area contributed by atoms with E-state index in [1.807, 2.05) is 13.1 Å². The summed E-state index contributed by atoms with van der Waals surface area (Å²) in [7, 11) is 3.47. The Kier molecular flexibility index (Phi) is 6.80. The van der Waals surface area contributed by atoms with Gasteiger partial charge in [-0.2, -0.15) is 0 Å². The van der Waals surface area contributed by atoms with Crippen LogP contribution in [0.25, 0.3) is 10.2 Å². The van der Waals surface area contributed by atoms with E-state index in [1.54, 1.807) is 12.0 Å². The van der Waals surface area contributed by atoms with Crippen LogP contribution in [0, 0.1) is 5.41 Å². The maximum Gasteiger partial charge on any atom is 0.407 e. The highest BCUT2D eigenvalue weighted by molar-refractivity contribution is 7.22. The van der Waals surface area contributed by atoms with Gasteiger partial charge in [0.25, 0.3) is 0 Å². The van der Waals surface area contributed by atoms with Gasteiger partial charge in [0.1, 0.15) is 11.3 Å². The third kappa shape index (κ3) is 4.65. The predicted octanol–water partition coefficient (Wildman–Crippen LogP) is 2.33. The first-order valence-electron chi connectivity index (χ1n) is 11.1. The molecule has 3 saturated heterocycles. The molecule has 11 heteroatoms. The van der Waals surface area contributed by atoms with Crippen LogP contribution < -0.4 is 15.4 Å². The number of thiazole rings is 1. The van der Waals surface area contributed by atoms with Crippen molar-refractivity contribution in [1.82, 2.24) is 14.8 Å². The summed E-state index contributed by atoms with van der Waals surface area (Å²) in [6.07, 6.45) is 1.38. The number of piperidine rings is 1. The van der Waals surface area contributed by atoms with E-state index in [1.165, 1.54) is 21.9 Å². The highest BCUT2D eigenvalue weighted by atomic mass is 32.1. The number of benzene rings is 1. The summed E-state index contributed by atoms with van der Waals surface area (Å²) in [5.41, 5.74) is 7.59. The molecule has 3 N–H and O–H groups in total. The molecule has 1 aromatic carbocycles. The number of amides is 2. The highest BCUT2D eigenvalue weighted by Gasteiger charge is 2.47. The number of hydrogen-bond acceptors (Lipinski definition) is 8. The first-order chi connectivity index (χ1) is 15.8. The molecule has 0 unspecified atom stereocenters. The number of nitrogens with zero attached hydrogens (tertiary/aromatic N) is 4. The van der Waals surface area contributed by atoms with Crippen LogP contribution in [0.5, 0.6) is 5.75 Å². The van der Waals surface area contributed by atoms with Crippen molar-refractivity contribution in [3.63, 3.8) is 0 Å². The number of likely N-dealkylation sites (tertiary alicyclic amines) is 2. The molecule has 0 atom stereocenters. The van der Waals surface area contributed by atoms with Crippen molar-refractivity contribution >= 4 is 44.4 Å². The number of carbonyl (C=O) groups excluding carboxylic acids is 1. The van der Waals surface area contributed by atoms with Gasteiger partial charge in [-0.3, -0.25) is 4.79 Å². The lowest BCUT2D eigenvalue weighted by Gasteiger charge is -2.36. The predicted molar refractivity (Wildman–Crippen MR) is 127 cm³/mol. The summed E-state index contributed by atoms with van der Waals surface area (Å²) in [6, 6.07) is 4.02. The lowest BCUT2D eigenvalue weighted by atomic mass is 9.77. The van der Waals surface area contributed by atoms with Crippen molar-refractivity contribution in [2.24, 2.45) is 5.41 Å². The Morgan fingerprint density at radius 3 is 2.42 bits per heavy atom. The van der Waals surface area contributed by atoms with Gasteiger partial charge in [-0.1, -0.05) is 11.3 Å². The quantitative estimate of drug-likeness (QED) is 0.676. The van der Waals surface area contributed by atoms with Crippen molar-refractivity contribution in [1.29, 1.82) is 0 Å². The van der Waals surface area contributed by atoms with Gasteiger partial charge in [0.2, 0.25) is 5.91 Å². The molecule has 0 radical (unpaired) electrons. The van der Waals surface area contributed by atoms with Crippen LogP contribution >= 0.6 is 11.3 Å². The zero-order valence-corrected chi connectivity index (χ0v) is 19.9. The Balaban J connectivity index is 0.000000160. The van der Waals surface area contributed by atoms with E-state index in [2.05, 4.69) is 16.0 Å². The second-order valence-electron chi connectivity index (χ2n) is 8.64. The average molecular weight is 478 g/mol. The fourth-order valence-electron chi connectivity index (χ4n) is 4.79. The minimum atomic E-state index is -0.872. The summed E-state index contributed by atoms with van der Waals surface area (Å²) >= 11 is 1.51. The van der Waals surface area contributed by atoms with E-state index in [0.717, 1.165) is 55.2 Å². The van der Waals surface area contributed by atoms with Crippen LogP contribution in [0.4, 0.5) is 15.6 Å². The van der Waals surface area contributed by atoms with Gasteiger partial charge in [-0.05, 0) is 31.4 Å². The number of fused-ring (bicyclic) bond motifs is 1. The van der Waals surface area contributed by atoms with E-state index in [-0.39, 0.29) is 11.3 Å². The van der Waals surface area contributed by atoms with Gasteiger partial charge in [-0.15, -0.1) is 0 Å². The van der Waals surface area contributed by atoms with Crippen molar-refractivity contribution in [3.05, 3.63) is 12.1 Å². The molecule has 4 heterocycles. The number of nitrogen functional groups attached to an aromatic ring is 1. The van der Waals surface area contributed by atoms with Crippen LogP contribution in [0.15, 0.2) is 12.1 Å². The van der Waals surface area contributed by atoms with E-state index in [4.69, 9.17) is 20.3 Å². The number of morpholine rings is 1. The summed E-state index contributed by atoms with van der Waals surface area (Å²) in [5, 5.41) is 9.39. The summed E-state index contributed by atoms with van der Waals surface area (Å²) in [4.78, 5) is 32.5. The summed E-state index contributed by atoms with van der Waals surface area (Å²) in [6.45, 7) is 5.14. The van der Waals surface area contributed by atoms with Crippen LogP contribution in [-0.2, 0) is 9.53 Å². The third-order valence-electron chi connectivity index (χ3n) is 6.79. The highest BCUT2D eigenvalue weighted by Crippen LogP contribution is 2.41. The Bertz CT molecular complexity index is 1010. The third-order valence-corrected chi connectivity index (χ3v) is 7.70. The van der Waals surface area contributed by atoms with Crippen molar-refractivity contribution in [3.8, 4) is 5.75 Å². The van der Waals surface area contributed by atoms with Gasteiger partial charge in [0, 0.05) is 39.8 Å². The molecule has 0 aliphatic carbocycles. The Hall–Kier alpha value is -2.79. The van der Waals surface area contributed by atoms with Gasteiger partial charge >= 0.3 is 6.09 Å². The minimum absolute atomic E-state index is 0.201. The Labute approximate surface area is 196 Å². The normalized spacial score (nSPS) is 20.2. The van der Waals surface area contributed by atoms with Gasteiger partial charge in [-0.25, -0.2) is 9.78 Å². The number of rotatable bonds is 2. The molecule has 5 rings (SSSR count). The van der Waals surface area contributed by atoms with E-state index in [9.17, 15) is 9.59 Å². The molecule has 1 aromatic heterocycles. The van der Waals surface area contributed by atoms with Crippen LogP contribution in [0.3, 0.4) is 0 Å². The molecule has 33 heavy (non-hydrogen) atoms. The fourth-order valence-corrected chi connectivity index (χ4v) is 5.68. The van der Waals surface area contributed by atoms with Crippen molar-refractivity contribution in [2.45, 2.75) is 19.3 Å². The molecule has 2 aromatic rings. The Morgan fingerprint density at radius 2 is 1.85 bits per heavy atom. The maximum atomic E-state index is 11.9. The molecule has 3 fully saturated rings. The van der Waals surface area contributed by atoms with Crippen molar-refractivity contribution < 1.29 is 24.2 Å². The first-order valence-corrected chi connectivity index (χ1v) is 12.0. The SMILES string of the molecule is CN1CCC2(CCN(C(=O)O)CC2)C1=O.COc1ccc(N2CCOCC2)c2sc(N)nc12. The van der Waals surface area contributed by atoms with Crippen LogP contribution in [0.1, 0.15) is 19.3 Å². The topological polar surface area (TPSA) is 121 Å². The zero-order valence-electron chi connectivity index (χ0n) is 19.1. The number of hydrogen-bond donors (Lipinski definition) is 2. The largest absolute Gasteiger partial charge is 0.494 e. The molecule has 1 spiro atoms. The van der Waals surface area contributed by atoms with Gasteiger partial charge in [0.05, 0.1) is 36.1 Å². The maximum absolute atomic E-state index is 11.9. The number of carbonyl (C=O) groups is 2. The molecule has 3 aliphatic heterocycles. The number of methoxy groups -OCH3 is 1. The molecule has 3 aliphatic rings. The van der Waals surface area contributed by atoms with E-state index < -0.39 is 6.09 Å². The number of aromatic nitrogens is 1. The van der Waals surface area contributed by atoms with Crippen molar-refractivity contribution in [2.75, 3.05) is 70.7 Å². The van der Waals surface area contributed by atoms with Crippen LogP contribution in [-0.4, -0.2) is 92.0 Å². The van der Waals surface area contributed by atoms with E-state index >= 15 is 0 Å². The number of ether oxygens (including phenoxy) is 2. The minimum Gasteiger partial charge on any atom is -0.494 e. The molecule has 2 amide bonds. The average Bonchev–Trinajstić information content (AvgIpc) is 3.35. The molecule has 10 nitrogen and oxygen atoms in total. The molecular formula is C22H31N5O5S. The van der Waals surface area contributed by atoms with Crippen LogP contribution in [0.2, 0.25) is 0 Å². The van der Waals surface area contributed by atoms with E-state index in [0.29, 0.717) is 31.1 Å².